The molecule has 0 spiro atoms. The van der Waals surface area contributed by atoms with Gasteiger partial charge in [0.25, 0.3) is 11.8 Å². The number of piperidine rings is 1. The molecule has 1 aromatic heterocycles. The molecule has 0 radical (unpaired) electrons. The van der Waals surface area contributed by atoms with Gasteiger partial charge >= 0.3 is 0 Å². The van der Waals surface area contributed by atoms with Gasteiger partial charge in [0.2, 0.25) is 0 Å². The SMILES string of the molecule is COc1ccc(C(=O)N2CCC[C@@H](c3[nH]ncc3NC(=O)c3ccccc3)C2)cc1. The zero-order valence-corrected chi connectivity index (χ0v) is 16.8. The van der Waals surface area contributed by atoms with Gasteiger partial charge in [0.05, 0.1) is 24.7 Å². The molecule has 1 aliphatic heterocycles. The van der Waals surface area contributed by atoms with Gasteiger partial charge in [0, 0.05) is 30.1 Å². The lowest BCUT2D eigenvalue weighted by Crippen LogP contribution is -2.39. The molecule has 7 heteroatoms. The molecule has 0 bridgehead atoms. The molecule has 0 unspecified atom stereocenters. The molecule has 30 heavy (non-hydrogen) atoms. The summed E-state index contributed by atoms with van der Waals surface area (Å²) in [5.74, 6) is 0.616. The lowest BCUT2D eigenvalue weighted by Gasteiger charge is -2.32. The first kappa shape index (κ1) is 19.7. The number of ether oxygens (including phenoxy) is 1. The van der Waals surface area contributed by atoms with Crippen LogP contribution in [0.15, 0.2) is 60.8 Å². The van der Waals surface area contributed by atoms with E-state index in [9.17, 15) is 9.59 Å². The summed E-state index contributed by atoms with van der Waals surface area (Å²) in [6, 6.07) is 16.2. The Balaban J connectivity index is 1.46. The van der Waals surface area contributed by atoms with Crippen molar-refractivity contribution in [2.75, 3.05) is 25.5 Å². The molecule has 154 valence electrons. The van der Waals surface area contributed by atoms with Crippen LogP contribution in [-0.2, 0) is 0 Å². The number of benzene rings is 2. The highest BCUT2D eigenvalue weighted by atomic mass is 16.5. The van der Waals surface area contributed by atoms with E-state index in [4.69, 9.17) is 4.74 Å². The first-order chi connectivity index (χ1) is 14.7. The van der Waals surface area contributed by atoms with Crippen molar-refractivity contribution in [1.82, 2.24) is 15.1 Å². The number of aromatic amines is 1. The van der Waals surface area contributed by atoms with Crippen molar-refractivity contribution in [3.05, 3.63) is 77.6 Å². The third-order valence-electron chi connectivity index (χ3n) is 5.41. The van der Waals surface area contributed by atoms with E-state index >= 15 is 0 Å². The lowest BCUT2D eigenvalue weighted by molar-refractivity contribution is 0.0705. The summed E-state index contributed by atoms with van der Waals surface area (Å²) < 4.78 is 5.17. The Bertz CT molecular complexity index is 1010. The van der Waals surface area contributed by atoms with Crippen molar-refractivity contribution in [3.8, 4) is 5.75 Å². The maximum Gasteiger partial charge on any atom is 0.255 e. The van der Waals surface area contributed by atoms with Crippen LogP contribution in [0.5, 0.6) is 5.75 Å². The van der Waals surface area contributed by atoms with Crippen molar-refractivity contribution >= 4 is 17.5 Å². The number of nitrogens with zero attached hydrogens (tertiary/aromatic N) is 2. The van der Waals surface area contributed by atoms with Gasteiger partial charge in [0.1, 0.15) is 5.75 Å². The fraction of sp³-hybridized carbons (Fsp3) is 0.261. The third kappa shape index (κ3) is 4.20. The standard InChI is InChI=1S/C23H24N4O3/c1-30-19-11-9-17(10-12-19)23(29)27-13-5-8-18(15-27)21-20(14-24-26-21)25-22(28)16-6-3-2-4-7-16/h2-4,6-7,9-12,14,18H,5,8,13,15H2,1H3,(H,24,26)(H,25,28)/t18-/m1/s1. The average Bonchev–Trinajstić information content (AvgIpc) is 3.27. The number of hydrogen-bond donors (Lipinski definition) is 2. The number of hydrogen-bond acceptors (Lipinski definition) is 4. The van der Waals surface area contributed by atoms with E-state index in [2.05, 4.69) is 15.5 Å². The Morgan fingerprint density at radius 3 is 2.60 bits per heavy atom. The van der Waals surface area contributed by atoms with Gasteiger partial charge in [-0.05, 0) is 49.2 Å². The van der Waals surface area contributed by atoms with Crippen LogP contribution in [0.1, 0.15) is 45.2 Å². The van der Waals surface area contributed by atoms with E-state index in [-0.39, 0.29) is 17.7 Å². The highest BCUT2D eigenvalue weighted by molar-refractivity contribution is 6.04. The molecule has 3 aromatic rings. The zero-order chi connectivity index (χ0) is 20.9. The Labute approximate surface area is 175 Å². The number of anilines is 1. The van der Waals surface area contributed by atoms with Crippen molar-refractivity contribution in [2.24, 2.45) is 0 Å². The predicted octanol–water partition coefficient (Wildman–Crippen LogP) is 3.69. The number of rotatable bonds is 5. The summed E-state index contributed by atoms with van der Waals surface area (Å²) in [7, 11) is 1.60. The highest BCUT2D eigenvalue weighted by Crippen LogP contribution is 2.31. The molecule has 2 aromatic carbocycles. The first-order valence-corrected chi connectivity index (χ1v) is 9.98. The minimum atomic E-state index is -0.180. The van der Waals surface area contributed by atoms with Gasteiger partial charge in [-0.1, -0.05) is 18.2 Å². The molecular weight excluding hydrogens is 380 g/mol. The second-order valence-corrected chi connectivity index (χ2v) is 7.34. The van der Waals surface area contributed by atoms with Crippen LogP contribution < -0.4 is 10.1 Å². The highest BCUT2D eigenvalue weighted by Gasteiger charge is 2.28. The number of H-pyrrole nitrogens is 1. The van der Waals surface area contributed by atoms with Crippen molar-refractivity contribution in [1.29, 1.82) is 0 Å². The van der Waals surface area contributed by atoms with Gasteiger partial charge in [0.15, 0.2) is 0 Å². The van der Waals surface area contributed by atoms with E-state index < -0.39 is 0 Å². The number of aromatic nitrogens is 2. The smallest absolute Gasteiger partial charge is 0.255 e. The van der Waals surface area contributed by atoms with Gasteiger partial charge in [-0.15, -0.1) is 0 Å². The number of likely N-dealkylation sites (tertiary alicyclic amines) is 1. The predicted molar refractivity (Wildman–Crippen MR) is 114 cm³/mol. The van der Waals surface area contributed by atoms with E-state index in [1.54, 1.807) is 49.7 Å². The number of amides is 2. The maximum absolute atomic E-state index is 13.0. The number of carbonyl (C=O) groups excluding carboxylic acids is 2. The van der Waals surface area contributed by atoms with Crippen LogP contribution in [0, 0.1) is 0 Å². The van der Waals surface area contributed by atoms with E-state index in [0.717, 1.165) is 24.3 Å². The van der Waals surface area contributed by atoms with E-state index in [1.165, 1.54) is 0 Å². The monoisotopic (exact) mass is 404 g/mol. The van der Waals surface area contributed by atoms with Crippen LogP contribution in [0.4, 0.5) is 5.69 Å². The van der Waals surface area contributed by atoms with Crippen LogP contribution in [0.3, 0.4) is 0 Å². The fourth-order valence-corrected chi connectivity index (χ4v) is 3.80. The molecule has 0 aliphatic carbocycles. The van der Waals surface area contributed by atoms with Gasteiger partial charge < -0.3 is 15.0 Å². The summed E-state index contributed by atoms with van der Waals surface area (Å²) in [4.78, 5) is 27.3. The number of nitrogens with one attached hydrogen (secondary N) is 2. The Kier molecular flexibility index (Phi) is 5.79. The van der Waals surface area contributed by atoms with E-state index in [0.29, 0.717) is 29.9 Å². The Morgan fingerprint density at radius 2 is 1.87 bits per heavy atom. The van der Waals surface area contributed by atoms with Crippen molar-refractivity contribution in [2.45, 2.75) is 18.8 Å². The van der Waals surface area contributed by atoms with Crippen LogP contribution in [0.2, 0.25) is 0 Å². The van der Waals surface area contributed by atoms with Gasteiger partial charge in [-0.3, -0.25) is 14.7 Å². The number of carbonyl (C=O) groups is 2. The van der Waals surface area contributed by atoms with Crippen molar-refractivity contribution in [3.63, 3.8) is 0 Å². The molecule has 1 atom stereocenters. The normalized spacial score (nSPS) is 16.2. The van der Waals surface area contributed by atoms with E-state index in [1.807, 2.05) is 23.1 Å². The second kappa shape index (κ2) is 8.82. The summed E-state index contributed by atoms with van der Waals surface area (Å²) in [5.41, 5.74) is 2.74. The van der Waals surface area contributed by atoms with Gasteiger partial charge in [-0.2, -0.15) is 5.10 Å². The number of methoxy groups -OCH3 is 1. The quantitative estimate of drug-likeness (QED) is 0.679. The summed E-state index contributed by atoms with van der Waals surface area (Å²) in [6.07, 6.45) is 3.43. The molecule has 4 rings (SSSR count). The maximum atomic E-state index is 13.0. The van der Waals surface area contributed by atoms with Crippen LogP contribution in [0.25, 0.3) is 0 Å². The van der Waals surface area contributed by atoms with Crippen LogP contribution >= 0.6 is 0 Å². The average molecular weight is 404 g/mol. The first-order valence-electron chi connectivity index (χ1n) is 9.98. The molecule has 0 saturated carbocycles. The third-order valence-corrected chi connectivity index (χ3v) is 5.41. The molecule has 1 fully saturated rings. The molecule has 2 N–H and O–H groups in total. The second-order valence-electron chi connectivity index (χ2n) is 7.34. The zero-order valence-electron chi connectivity index (χ0n) is 16.8. The molecule has 2 heterocycles. The largest absolute Gasteiger partial charge is 0.497 e. The van der Waals surface area contributed by atoms with Gasteiger partial charge in [-0.25, -0.2) is 0 Å². The molecule has 2 amide bonds. The summed E-state index contributed by atoms with van der Waals surface area (Å²) in [6.45, 7) is 1.28. The van der Waals surface area contributed by atoms with Crippen LogP contribution in [-0.4, -0.2) is 47.1 Å². The summed E-state index contributed by atoms with van der Waals surface area (Å²) in [5, 5.41) is 10.1. The molecule has 1 aliphatic rings. The minimum Gasteiger partial charge on any atom is -0.497 e. The van der Waals surface area contributed by atoms with Crippen molar-refractivity contribution < 1.29 is 14.3 Å². The molecule has 7 nitrogen and oxygen atoms in total. The minimum absolute atomic E-state index is 0.00302. The molecular formula is C23H24N4O3. The lowest BCUT2D eigenvalue weighted by atomic mass is 9.93. The Morgan fingerprint density at radius 1 is 1.10 bits per heavy atom. The fourth-order valence-electron chi connectivity index (χ4n) is 3.80. The molecule has 1 saturated heterocycles. The topological polar surface area (TPSA) is 87.3 Å². The Hall–Kier alpha value is -3.61. The summed E-state index contributed by atoms with van der Waals surface area (Å²) >= 11 is 0.